The van der Waals surface area contributed by atoms with Crippen LogP contribution in [-0.4, -0.2) is 33.2 Å². The van der Waals surface area contributed by atoms with Gasteiger partial charge < -0.3 is 19.5 Å². The number of hydrogen-bond donors (Lipinski definition) is 1. The van der Waals surface area contributed by atoms with Crippen molar-refractivity contribution in [1.82, 2.24) is 5.32 Å². The SMILES string of the molecule is C=CCc1cc(C(=O)NC(CC(=O)OC)c2ccccc2)cc(OC)c1OC. The second-order valence-corrected chi connectivity index (χ2v) is 6.08. The summed E-state index contributed by atoms with van der Waals surface area (Å²) in [6.07, 6.45) is 2.27. The van der Waals surface area contributed by atoms with Crippen molar-refractivity contribution in [1.29, 1.82) is 0 Å². The Morgan fingerprint density at radius 3 is 2.39 bits per heavy atom. The van der Waals surface area contributed by atoms with Crippen LogP contribution in [0.15, 0.2) is 55.1 Å². The third kappa shape index (κ3) is 5.13. The molecule has 6 heteroatoms. The summed E-state index contributed by atoms with van der Waals surface area (Å²) >= 11 is 0. The number of nitrogens with one attached hydrogen (secondary N) is 1. The molecule has 2 aromatic rings. The Morgan fingerprint density at radius 2 is 1.82 bits per heavy atom. The van der Waals surface area contributed by atoms with E-state index in [2.05, 4.69) is 11.9 Å². The van der Waals surface area contributed by atoms with Crippen LogP contribution in [0.2, 0.25) is 0 Å². The van der Waals surface area contributed by atoms with Crippen molar-refractivity contribution < 1.29 is 23.8 Å². The zero-order chi connectivity index (χ0) is 20.5. The van der Waals surface area contributed by atoms with Crippen molar-refractivity contribution in [2.45, 2.75) is 18.9 Å². The first-order chi connectivity index (χ1) is 13.5. The van der Waals surface area contributed by atoms with Crippen molar-refractivity contribution >= 4 is 11.9 Å². The molecule has 0 aliphatic rings. The first-order valence-electron chi connectivity index (χ1n) is 8.82. The van der Waals surface area contributed by atoms with E-state index in [-0.39, 0.29) is 12.3 Å². The predicted molar refractivity (Wildman–Crippen MR) is 107 cm³/mol. The first kappa shape index (κ1) is 21.0. The Balaban J connectivity index is 2.35. The lowest BCUT2D eigenvalue weighted by Gasteiger charge is -2.19. The number of carbonyl (C=O) groups is 2. The summed E-state index contributed by atoms with van der Waals surface area (Å²) in [5.74, 6) is 0.280. The Labute approximate surface area is 165 Å². The standard InChI is InChI=1S/C22H25NO5/c1-5-9-16-12-17(13-19(26-2)21(16)28-4)22(25)23-18(14-20(24)27-3)15-10-7-6-8-11-15/h5-8,10-13,18H,1,9,14H2,2-4H3,(H,23,25). The Morgan fingerprint density at radius 1 is 1.11 bits per heavy atom. The van der Waals surface area contributed by atoms with Crippen LogP contribution < -0.4 is 14.8 Å². The summed E-state index contributed by atoms with van der Waals surface area (Å²) < 4.78 is 15.5. The number of rotatable bonds is 9. The molecule has 1 N–H and O–H groups in total. The normalized spacial score (nSPS) is 11.2. The second-order valence-electron chi connectivity index (χ2n) is 6.08. The average molecular weight is 383 g/mol. The van der Waals surface area contributed by atoms with Gasteiger partial charge in [0.15, 0.2) is 11.5 Å². The molecule has 2 aromatic carbocycles. The van der Waals surface area contributed by atoms with Crippen molar-refractivity contribution in [2.75, 3.05) is 21.3 Å². The molecule has 148 valence electrons. The highest BCUT2D eigenvalue weighted by atomic mass is 16.5. The van der Waals surface area contributed by atoms with Crippen LogP contribution in [-0.2, 0) is 16.0 Å². The van der Waals surface area contributed by atoms with Gasteiger partial charge in [-0.1, -0.05) is 36.4 Å². The Bertz CT molecular complexity index is 832. The molecule has 0 radical (unpaired) electrons. The van der Waals surface area contributed by atoms with E-state index in [4.69, 9.17) is 14.2 Å². The van der Waals surface area contributed by atoms with Gasteiger partial charge in [-0.25, -0.2) is 0 Å². The lowest BCUT2D eigenvalue weighted by atomic mass is 10.0. The zero-order valence-electron chi connectivity index (χ0n) is 16.4. The summed E-state index contributed by atoms with van der Waals surface area (Å²) in [6, 6.07) is 12.1. The van der Waals surface area contributed by atoms with Crippen LogP contribution >= 0.6 is 0 Å². The molecular formula is C22H25NO5. The summed E-state index contributed by atoms with van der Waals surface area (Å²) in [7, 11) is 4.38. The van der Waals surface area contributed by atoms with Crippen molar-refractivity contribution in [2.24, 2.45) is 0 Å². The largest absolute Gasteiger partial charge is 0.493 e. The smallest absolute Gasteiger partial charge is 0.307 e. The molecule has 1 unspecified atom stereocenters. The Kier molecular flexibility index (Phi) is 7.63. The molecule has 0 heterocycles. The van der Waals surface area contributed by atoms with Crippen LogP contribution in [0.3, 0.4) is 0 Å². The summed E-state index contributed by atoms with van der Waals surface area (Å²) in [5, 5.41) is 2.91. The van der Waals surface area contributed by atoms with E-state index in [1.165, 1.54) is 14.2 Å². The van der Waals surface area contributed by atoms with Gasteiger partial charge in [-0.15, -0.1) is 6.58 Å². The zero-order valence-corrected chi connectivity index (χ0v) is 16.4. The topological polar surface area (TPSA) is 73.9 Å². The maximum atomic E-state index is 12.9. The molecule has 1 amide bonds. The Hall–Kier alpha value is -3.28. The number of benzene rings is 2. The van der Waals surface area contributed by atoms with Gasteiger partial charge in [0.05, 0.1) is 33.8 Å². The quantitative estimate of drug-likeness (QED) is 0.530. The molecule has 0 spiro atoms. The van der Waals surface area contributed by atoms with E-state index in [9.17, 15) is 9.59 Å². The molecule has 0 saturated heterocycles. The van der Waals surface area contributed by atoms with Gasteiger partial charge in [-0.2, -0.15) is 0 Å². The van der Waals surface area contributed by atoms with Crippen molar-refractivity contribution in [3.8, 4) is 11.5 Å². The van der Waals surface area contributed by atoms with E-state index in [0.29, 0.717) is 23.5 Å². The highest BCUT2D eigenvalue weighted by molar-refractivity contribution is 5.95. The average Bonchev–Trinajstić information content (AvgIpc) is 2.73. The van der Waals surface area contributed by atoms with Gasteiger partial charge >= 0.3 is 5.97 Å². The van der Waals surface area contributed by atoms with Gasteiger partial charge in [-0.3, -0.25) is 9.59 Å². The summed E-state index contributed by atoms with van der Waals surface area (Å²) in [4.78, 5) is 24.8. The predicted octanol–water partition coefficient (Wildman–Crippen LogP) is 3.47. The lowest BCUT2D eigenvalue weighted by molar-refractivity contribution is -0.141. The molecule has 0 aliphatic carbocycles. The van der Waals surface area contributed by atoms with E-state index < -0.39 is 12.0 Å². The number of methoxy groups -OCH3 is 3. The van der Waals surface area contributed by atoms with Gasteiger partial charge in [-0.05, 0) is 24.1 Å². The third-order valence-corrected chi connectivity index (χ3v) is 4.29. The minimum atomic E-state index is -0.517. The molecule has 2 rings (SSSR count). The monoisotopic (exact) mass is 383 g/mol. The fourth-order valence-electron chi connectivity index (χ4n) is 2.91. The van der Waals surface area contributed by atoms with Crippen molar-refractivity contribution in [3.63, 3.8) is 0 Å². The lowest BCUT2D eigenvalue weighted by Crippen LogP contribution is -2.30. The highest BCUT2D eigenvalue weighted by Gasteiger charge is 2.21. The van der Waals surface area contributed by atoms with Crippen molar-refractivity contribution in [3.05, 3.63) is 71.8 Å². The van der Waals surface area contributed by atoms with Gasteiger partial charge in [0.2, 0.25) is 0 Å². The number of esters is 1. The van der Waals surface area contributed by atoms with Crippen LogP contribution in [0, 0.1) is 0 Å². The molecule has 0 aromatic heterocycles. The summed E-state index contributed by atoms with van der Waals surface area (Å²) in [5.41, 5.74) is 2.00. The molecule has 0 saturated carbocycles. The van der Waals surface area contributed by atoms with Gasteiger partial charge in [0.25, 0.3) is 5.91 Å². The fraction of sp³-hybridized carbons (Fsp3) is 0.273. The van der Waals surface area contributed by atoms with Crippen LogP contribution in [0.4, 0.5) is 0 Å². The minimum absolute atomic E-state index is 0.0268. The number of hydrogen-bond acceptors (Lipinski definition) is 5. The minimum Gasteiger partial charge on any atom is -0.493 e. The third-order valence-electron chi connectivity index (χ3n) is 4.29. The van der Waals surface area contributed by atoms with Crippen LogP contribution in [0.25, 0.3) is 0 Å². The maximum absolute atomic E-state index is 12.9. The van der Waals surface area contributed by atoms with E-state index in [0.717, 1.165) is 11.1 Å². The molecule has 0 bridgehead atoms. The molecule has 0 aliphatic heterocycles. The molecule has 1 atom stereocenters. The number of amides is 1. The molecular weight excluding hydrogens is 358 g/mol. The van der Waals surface area contributed by atoms with Crippen LogP contribution in [0.5, 0.6) is 11.5 Å². The number of ether oxygens (including phenoxy) is 3. The van der Waals surface area contributed by atoms with E-state index in [1.807, 2.05) is 30.3 Å². The highest BCUT2D eigenvalue weighted by Crippen LogP contribution is 2.33. The number of allylic oxidation sites excluding steroid dienone is 1. The number of carbonyl (C=O) groups excluding carboxylic acids is 2. The molecule has 6 nitrogen and oxygen atoms in total. The van der Waals surface area contributed by atoms with Gasteiger partial charge in [0.1, 0.15) is 0 Å². The van der Waals surface area contributed by atoms with E-state index >= 15 is 0 Å². The molecule has 0 fully saturated rings. The fourth-order valence-corrected chi connectivity index (χ4v) is 2.91. The van der Waals surface area contributed by atoms with E-state index in [1.54, 1.807) is 25.3 Å². The molecule has 28 heavy (non-hydrogen) atoms. The second kappa shape index (κ2) is 10.2. The van der Waals surface area contributed by atoms with Crippen LogP contribution in [0.1, 0.15) is 33.9 Å². The first-order valence-corrected chi connectivity index (χ1v) is 8.82. The van der Waals surface area contributed by atoms with Gasteiger partial charge in [0, 0.05) is 11.1 Å². The summed E-state index contributed by atoms with van der Waals surface area (Å²) in [6.45, 7) is 3.74. The maximum Gasteiger partial charge on any atom is 0.307 e.